The van der Waals surface area contributed by atoms with Crippen molar-refractivity contribution in [3.63, 3.8) is 0 Å². The number of aliphatic imine (C=N–C) groups is 1. The number of benzene rings is 1. The Morgan fingerprint density at radius 1 is 1.25 bits per heavy atom. The molecule has 0 radical (unpaired) electrons. The van der Waals surface area contributed by atoms with Crippen LogP contribution in [0.2, 0.25) is 0 Å². The van der Waals surface area contributed by atoms with Crippen molar-refractivity contribution in [2.45, 2.75) is 39.0 Å². The molecule has 0 aliphatic carbocycles. The summed E-state index contributed by atoms with van der Waals surface area (Å²) in [7, 11) is 3.43. The van der Waals surface area contributed by atoms with Gasteiger partial charge in [-0.15, -0.1) is 0 Å². The van der Waals surface area contributed by atoms with E-state index in [2.05, 4.69) is 25.8 Å². The van der Waals surface area contributed by atoms with Gasteiger partial charge in [-0.1, -0.05) is 25.1 Å². The summed E-state index contributed by atoms with van der Waals surface area (Å²) in [5.41, 5.74) is 0.913. The van der Waals surface area contributed by atoms with E-state index >= 15 is 0 Å². The molecule has 0 fully saturated rings. The van der Waals surface area contributed by atoms with E-state index in [1.54, 1.807) is 14.2 Å². The number of anilines is 1. The molecule has 0 saturated carbocycles. The van der Waals surface area contributed by atoms with E-state index in [1.807, 2.05) is 38.1 Å². The molecule has 0 amide bonds. The Kier molecular flexibility index (Phi) is 9.27. The molecule has 8 nitrogen and oxygen atoms in total. The van der Waals surface area contributed by atoms with E-state index < -0.39 is 0 Å². The van der Waals surface area contributed by atoms with Crippen molar-refractivity contribution in [1.82, 2.24) is 15.5 Å². The topological polar surface area (TPSA) is 93.8 Å². The molecule has 28 heavy (non-hydrogen) atoms. The fraction of sp³-hybridized carbons (Fsp3) is 0.550. The van der Waals surface area contributed by atoms with Crippen molar-refractivity contribution in [2.24, 2.45) is 4.99 Å². The van der Waals surface area contributed by atoms with Gasteiger partial charge in [0.2, 0.25) is 5.89 Å². The number of hydrogen-bond donors (Lipinski definition) is 2. The third kappa shape index (κ3) is 7.56. The minimum Gasteiger partial charge on any atom is -0.493 e. The lowest BCUT2D eigenvalue weighted by molar-refractivity contribution is 0.172. The maximum atomic E-state index is 5.73. The predicted molar refractivity (Wildman–Crippen MR) is 110 cm³/mol. The molecule has 0 atom stereocenters. The highest BCUT2D eigenvalue weighted by molar-refractivity contribution is 5.93. The monoisotopic (exact) mass is 389 g/mol. The average molecular weight is 390 g/mol. The highest BCUT2D eigenvalue weighted by Crippen LogP contribution is 2.17. The molecule has 0 unspecified atom stereocenters. The first kappa shape index (κ1) is 21.7. The van der Waals surface area contributed by atoms with Crippen LogP contribution in [0, 0.1) is 0 Å². The number of nitrogens with one attached hydrogen (secondary N) is 2. The lowest BCUT2D eigenvalue weighted by atomic mass is 10.2. The Bertz CT molecular complexity index is 730. The highest BCUT2D eigenvalue weighted by Gasteiger charge is 2.09. The molecule has 0 saturated heterocycles. The molecule has 0 spiro atoms. The van der Waals surface area contributed by atoms with Gasteiger partial charge in [0, 0.05) is 57.8 Å². The van der Waals surface area contributed by atoms with Gasteiger partial charge < -0.3 is 24.6 Å². The van der Waals surface area contributed by atoms with Crippen LogP contribution in [-0.4, -0.2) is 50.0 Å². The molecular weight excluding hydrogens is 358 g/mol. The van der Waals surface area contributed by atoms with Crippen LogP contribution < -0.4 is 15.4 Å². The maximum Gasteiger partial charge on any atom is 0.226 e. The maximum absolute atomic E-state index is 5.73. The van der Waals surface area contributed by atoms with Crippen LogP contribution in [0.25, 0.3) is 0 Å². The van der Waals surface area contributed by atoms with E-state index in [0.717, 1.165) is 43.1 Å². The number of rotatable bonds is 11. The van der Waals surface area contributed by atoms with Crippen LogP contribution in [0.1, 0.15) is 44.3 Å². The number of aromatic nitrogens is 2. The lowest BCUT2D eigenvalue weighted by Gasteiger charge is -2.13. The van der Waals surface area contributed by atoms with Crippen LogP contribution in [0.3, 0.4) is 0 Å². The van der Waals surface area contributed by atoms with E-state index in [1.165, 1.54) is 0 Å². The summed E-state index contributed by atoms with van der Waals surface area (Å²) in [6.45, 7) is 6.15. The third-order valence-corrected chi connectivity index (χ3v) is 3.94. The first-order valence-corrected chi connectivity index (χ1v) is 9.64. The van der Waals surface area contributed by atoms with Crippen LogP contribution in [0.5, 0.6) is 5.75 Å². The quantitative estimate of drug-likeness (QED) is 0.346. The second-order valence-corrected chi connectivity index (χ2v) is 6.65. The molecule has 0 bridgehead atoms. The smallest absolute Gasteiger partial charge is 0.226 e. The van der Waals surface area contributed by atoms with Gasteiger partial charge in [0.1, 0.15) is 5.75 Å². The molecule has 2 rings (SSSR count). The summed E-state index contributed by atoms with van der Waals surface area (Å²) >= 11 is 0. The molecule has 1 aromatic heterocycles. The van der Waals surface area contributed by atoms with Crippen molar-refractivity contribution in [3.05, 3.63) is 36.0 Å². The minimum atomic E-state index is 0.276. The Morgan fingerprint density at radius 2 is 2.11 bits per heavy atom. The van der Waals surface area contributed by atoms with Crippen molar-refractivity contribution in [2.75, 3.05) is 39.2 Å². The molecule has 154 valence electrons. The number of nitrogens with zero attached hydrogens (tertiary/aromatic N) is 3. The van der Waals surface area contributed by atoms with Crippen molar-refractivity contribution < 1.29 is 14.0 Å². The Labute approximate surface area is 166 Å². The molecule has 2 N–H and O–H groups in total. The van der Waals surface area contributed by atoms with Crippen molar-refractivity contribution >= 4 is 11.6 Å². The summed E-state index contributed by atoms with van der Waals surface area (Å²) in [6.07, 6.45) is 2.45. The summed E-state index contributed by atoms with van der Waals surface area (Å²) in [4.78, 5) is 8.64. The molecule has 2 aromatic rings. The largest absolute Gasteiger partial charge is 0.493 e. The van der Waals surface area contributed by atoms with Gasteiger partial charge in [-0.2, -0.15) is 4.98 Å². The van der Waals surface area contributed by atoms with Crippen LogP contribution >= 0.6 is 0 Å². The highest BCUT2D eigenvalue weighted by atomic mass is 16.5. The second-order valence-electron chi connectivity index (χ2n) is 6.65. The van der Waals surface area contributed by atoms with Gasteiger partial charge in [0.05, 0.1) is 6.61 Å². The fourth-order valence-electron chi connectivity index (χ4n) is 2.42. The predicted octanol–water partition coefficient (Wildman–Crippen LogP) is 3.23. The third-order valence-electron chi connectivity index (χ3n) is 3.94. The zero-order valence-corrected chi connectivity index (χ0v) is 17.2. The zero-order valence-electron chi connectivity index (χ0n) is 17.2. The normalized spacial score (nSPS) is 11.7. The lowest BCUT2D eigenvalue weighted by Crippen LogP contribution is -2.31. The van der Waals surface area contributed by atoms with Gasteiger partial charge in [0.25, 0.3) is 0 Å². The summed E-state index contributed by atoms with van der Waals surface area (Å²) in [5.74, 6) is 3.22. The van der Waals surface area contributed by atoms with Gasteiger partial charge in [-0.25, -0.2) is 0 Å². The molecule has 0 aliphatic heterocycles. The minimum absolute atomic E-state index is 0.276. The van der Waals surface area contributed by atoms with Crippen LogP contribution in [0.4, 0.5) is 5.69 Å². The molecule has 1 aromatic carbocycles. The Morgan fingerprint density at radius 3 is 2.82 bits per heavy atom. The van der Waals surface area contributed by atoms with Gasteiger partial charge in [-0.3, -0.25) is 4.99 Å². The van der Waals surface area contributed by atoms with E-state index in [-0.39, 0.29) is 5.92 Å². The van der Waals surface area contributed by atoms with E-state index in [9.17, 15) is 0 Å². The summed E-state index contributed by atoms with van der Waals surface area (Å²) in [6, 6.07) is 7.80. The number of hydrogen-bond acceptors (Lipinski definition) is 6. The van der Waals surface area contributed by atoms with E-state index in [4.69, 9.17) is 14.0 Å². The van der Waals surface area contributed by atoms with Gasteiger partial charge >= 0.3 is 0 Å². The standard InChI is InChI=1S/C20H31N5O3/c1-15(2)19-24-18(28-25-19)10-6-11-22-20(21-3)23-16-8-5-9-17(14-16)27-13-7-12-26-4/h5,8-9,14-15H,6-7,10-13H2,1-4H3,(H2,21,22,23). The Balaban J connectivity index is 1.74. The molecule has 0 aliphatic rings. The average Bonchev–Trinajstić information content (AvgIpc) is 3.17. The van der Waals surface area contributed by atoms with Gasteiger partial charge in [0.15, 0.2) is 11.8 Å². The first-order chi connectivity index (χ1) is 13.6. The number of aryl methyl sites for hydroxylation is 1. The molecular formula is C20H31N5O3. The van der Waals surface area contributed by atoms with Crippen molar-refractivity contribution in [1.29, 1.82) is 0 Å². The number of ether oxygens (including phenoxy) is 2. The molecule has 1 heterocycles. The zero-order chi connectivity index (χ0) is 20.2. The Hall–Kier alpha value is -2.61. The van der Waals surface area contributed by atoms with Gasteiger partial charge in [-0.05, 0) is 18.6 Å². The summed E-state index contributed by atoms with van der Waals surface area (Å²) in [5, 5.41) is 10.5. The molecule has 8 heteroatoms. The summed E-state index contributed by atoms with van der Waals surface area (Å²) < 4.78 is 16.0. The van der Waals surface area contributed by atoms with Crippen LogP contribution in [0.15, 0.2) is 33.8 Å². The van der Waals surface area contributed by atoms with Crippen LogP contribution in [-0.2, 0) is 11.2 Å². The fourth-order valence-corrected chi connectivity index (χ4v) is 2.42. The first-order valence-electron chi connectivity index (χ1n) is 9.64. The van der Waals surface area contributed by atoms with Crippen molar-refractivity contribution in [3.8, 4) is 5.75 Å². The number of methoxy groups -OCH3 is 1. The second kappa shape index (κ2) is 12.0. The number of guanidine groups is 1. The van der Waals surface area contributed by atoms with E-state index in [0.29, 0.717) is 25.1 Å². The SMILES string of the molecule is CN=C(NCCCc1nc(C(C)C)no1)Nc1cccc(OCCCOC)c1.